The van der Waals surface area contributed by atoms with Crippen LogP contribution in [-0.2, 0) is 17.7 Å². The first kappa shape index (κ1) is 29.6. The van der Waals surface area contributed by atoms with Crippen LogP contribution in [0.2, 0.25) is 0 Å². The summed E-state index contributed by atoms with van der Waals surface area (Å²) in [5, 5.41) is 3.13. The Labute approximate surface area is 239 Å². The van der Waals surface area contributed by atoms with Gasteiger partial charge < -0.3 is 0 Å². The molecule has 2 heterocycles. The monoisotopic (exact) mass is 554 g/mol. The smallest absolute Gasteiger partial charge is 0.0348 e. The fourth-order valence-corrected chi connectivity index (χ4v) is 11.4. The fraction of sp³-hybridized carbons (Fsp3) is 0.371. The predicted molar refractivity (Wildman–Crippen MR) is 174 cm³/mol. The van der Waals surface area contributed by atoms with Crippen LogP contribution in [0.25, 0.3) is 0 Å². The highest BCUT2D eigenvalue weighted by Gasteiger charge is 2.35. The molecule has 0 bridgehead atoms. The summed E-state index contributed by atoms with van der Waals surface area (Å²) in [5.41, 5.74) is 5.60. The van der Waals surface area contributed by atoms with E-state index in [0.29, 0.717) is 0 Å². The van der Waals surface area contributed by atoms with E-state index in [4.69, 9.17) is 0 Å². The lowest BCUT2D eigenvalue weighted by Crippen LogP contribution is -2.26. The molecule has 4 aromatic rings. The topological polar surface area (TPSA) is 25.8 Å². The number of benzene rings is 2. The number of rotatable bonds is 8. The molecule has 0 saturated carbocycles. The van der Waals surface area contributed by atoms with Crippen molar-refractivity contribution in [1.82, 2.24) is 9.97 Å². The molecular weight excluding hydrogens is 510 g/mol. The number of aromatic nitrogens is 2. The molecule has 4 rings (SSSR count). The Morgan fingerprint density at radius 1 is 0.564 bits per heavy atom. The second-order valence-electron chi connectivity index (χ2n) is 12.9. The molecule has 2 nitrogen and oxygen atoms in total. The van der Waals surface area contributed by atoms with Gasteiger partial charge in [-0.2, -0.15) is 0 Å². The highest BCUT2D eigenvalue weighted by molar-refractivity contribution is 7.72. The highest BCUT2D eigenvalue weighted by atomic mass is 31.1. The Bertz CT molecular complexity index is 1290. The van der Waals surface area contributed by atoms with E-state index in [1.807, 2.05) is 24.8 Å². The molecule has 4 heteroatoms. The molecule has 0 aliphatic rings. The zero-order valence-corrected chi connectivity index (χ0v) is 26.7. The van der Waals surface area contributed by atoms with Gasteiger partial charge in [0.1, 0.15) is 0 Å². The Kier molecular flexibility index (Phi) is 9.10. The van der Waals surface area contributed by atoms with Crippen LogP contribution in [-0.4, -0.2) is 20.3 Å². The number of pyridine rings is 2. The van der Waals surface area contributed by atoms with Gasteiger partial charge in [-0.25, -0.2) is 0 Å². The van der Waals surface area contributed by atoms with Gasteiger partial charge in [0.15, 0.2) is 0 Å². The van der Waals surface area contributed by atoms with Gasteiger partial charge in [0.2, 0.25) is 0 Å². The van der Waals surface area contributed by atoms with Gasteiger partial charge in [0.25, 0.3) is 0 Å². The normalized spacial score (nSPS) is 12.8. The maximum absolute atomic E-state index is 4.50. The van der Waals surface area contributed by atoms with E-state index in [1.54, 1.807) is 0 Å². The van der Waals surface area contributed by atoms with Gasteiger partial charge in [0.05, 0.1) is 0 Å². The van der Waals surface area contributed by atoms with Crippen molar-refractivity contribution in [2.24, 2.45) is 0 Å². The summed E-state index contributed by atoms with van der Waals surface area (Å²) >= 11 is 0. The van der Waals surface area contributed by atoms with Crippen molar-refractivity contribution < 1.29 is 0 Å². The molecule has 39 heavy (non-hydrogen) atoms. The summed E-state index contributed by atoms with van der Waals surface area (Å²) < 4.78 is 0. The van der Waals surface area contributed by atoms with Crippen molar-refractivity contribution >= 4 is 26.5 Å². The van der Waals surface area contributed by atoms with Crippen molar-refractivity contribution in [1.29, 1.82) is 0 Å². The van der Waals surface area contributed by atoms with Crippen LogP contribution in [0.5, 0.6) is 0 Å². The molecule has 0 radical (unpaired) electrons. The standard InChI is InChI=1S/C35H44N2P2/c1-33(2,3)39(34(4,5)6)26-27-18-19-30(35(7,8)29-14-10-9-11-15-29)22-28(27)25-38(31-16-12-20-36-23-31)32-17-13-21-37-24-32/h9-24H,25-26H2,1-8H3. The minimum Gasteiger partial charge on any atom is -0.264 e. The molecule has 2 aromatic heterocycles. The zero-order chi connectivity index (χ0) is 28.3. The largest absolute Gasteiger partial charge is 0.264 e. The molecule has 0 saturated heterocycles. The second-order valence-corrected chi connectivity index (χ2v) is 19.0. The molecule has 0 amide bonds. The molecule has 2 aromatic carbocycles. The first-order chi connectivity index (χ1) is 18.4. The summed E-state index contributed by atoms with van der Waals surface area (Å²) in [6.07, 6.45) is 9.95. The van der Waals surface area contributed by atoms with E-state index in [9.17, 15) is 0 Å². The Morgan fingerprint density at radius 3 is 1.62 bits per heavy atom. The maximum Gasteiger partial charge on any atom is 0.0348 e. The average Bonchev–Trinajstić information content (AvgIpc) is 2.91. The fourth-order valence-electron chi connectivity index (χ4n) is 5.52. The van der Waals surface area contributed by atoms with E-state index in [-0.39, 0.29) is 23.6 Å². The summed E-state index contributed by atoms with van der Waals surface area (Å²) in [4.78, 5) is 9.01. The second kappa shape index (κ2) is 12.0. The number of nitrogens with zero attached hydrogens (tertiary/aromatic N) is 2. The molecule has 0 N–H and O–H groups in total. The molecule has 204 valence electrons. The minimum absolute atomic E-state index is 0.0846. The Morgan fingerprint density at radius 2 is 1.13 bits per heavy atom. The molecular formula is C35H44N2P2. The lowest BCUT2D eigenvalue weighted by Gasteiger charge is -2.42. The van der Waals surface area contributed by atoms with Crippen LogP contribution >= 0.6 is 15.8 Å². The summed E-state index contributed by atoms with van der Waals surface area (Å²) in [5.74, 6) is 0. The van der Waals surface area contributed by atoms with Crippen molar-refractivity contribution in [3.63, 3.8) is 0 Å². The average molecular weight is 555 g/mol. The van der Waals surface area contributed by atoms with Gasteiger partial charge in [-0.1, -0.05) is 124 Å². The lowest BCUT2D eigenvalue weighted by molar-refractivity contribution is 0.639. The van der Waals surface area contributed by atoms with E-state index in [1.165, 1.54) is 32.9 Å². The van der Waals surface area contributed by atoms with Crippen molar-refractivity contribution in [2.45, 2.75) is 83.4 Å². The molecule has 0 aliphatic carbocycles. The van der Waals surface area contributed by atoms with Crippen molar-refractivity contribution in [2.75, 3.05) is 0 Å². The summed E-state index contributed by atoms with van der Waals surface area (Å²) in [6, 6.07) is 26.9. The SMILES string of the molecule is CC(C)(c1ccccc1)c1ccc(CP(C(C)(C)C)C(C)(C)C)c(CP(c2cccnc2)c2cccnc2)c1. The molecule has 0 atom stereocenters. The van der Waals surface area contributed by atoms with Crippen LogP contribution in [0.3, 0.4) is 0 Å². The van der Waals surface area contributed by atoms with E-state index in [2.05, 4.69) is 138 Å². The Hall–Kier alpha value is -2.40. The van der Waals surface area contributed by atoms with Crippen LogP contribution in [0, 0.1) is 0 Å². The van der Waals surface area contributed by atoms with E-state index in [0.717, 1.165) is 12.3 Å². The number of hydrogen-bond acceptors (Lipinski definition) is 2. The zero-order valence-electron chi connectivity index (χ0n) is 24.9. The maximum atomic E-state index is 4.50. The van der Waals surface area contributed by atoms with E-state index >= 15 is 0 Å². The van der Waals surface area contributed by atoms with Gasteiger partial charge in [-0.3, -0.25) is 9.97 Å². The Balaban J connectivity index is 1.85. The summed E-state index contributed by atoms with van der Waals surface area (Å²) in [6.45, 7) is 19.3. The molecule has 0 unspecified atom stereocenters. The first-order valence-electron chi connectivity index (χ1n) is 13.9. The van der Waals surface area contributed by atoms with Crippen molar-refractivity contribution in [3.8, 4) is 0 Å². The minimum atomic E-state index is -0.645. The van der Waals surface area contributed by atoms with Gasteiger partial charge in [0, 0.05) is 36.4 Å². The van der Waals surface area contributed by atoms with Crippen LogP contribution < -0.4 is 10.6 Å². The summed E-state index contributed by atoms with van der Waals surface area (Å²) in [7, 11) is -0.913. The van der Waals surface area contributed by atoms with Crippen LogP contribution in [0.4, 0.5) is 0 Å². The van der Waals surface area contributed by atoms with Gasteiger partial charge in [-0.15, -0.1) is 0 Å². The third kappa shape index (κ3) is 7.22. The quantitative estimate of drug-likeness (QED) is 0.203. The van der Waals surface area contributed by atoms with Gasteiger partial charge in [-0.05, 0) is 69.4 Å². The lowest BCUT2D eigenvalue weighted by atomic mass is 9.77. The van der Waals surface area contributed by atoms with Gasteiger partial charge >= 0.3 is 0 Å². The number of hydrogen-bond donors (Lipinski definition) is 0. The van der Waals surface area contributed by atoms with Crippen LogP contribution in [0.15, 0.2) is 97.6 Å². The highest BCUT2D eigenvalue weighted by Crippen LogP contribution is 2.61. The van der Waals surface area contributed by atoms with Crippen molar-refractivity contribution in [3.05, 3.63) is 120 Å². The first-order valence-corrected chi connectivity index (χ1v) is 17.0. The molecule has 0 spiro atoms. The molecule has 0 aliphatic heterocycles. The molecule has 0 fully saturated rings. The van der Waals surface area contributed by atoms with E-state index < -0.39 is 7.92 Å². The third-order valence-electron chi connectivity index (χ3n) is 7.62. The predicted octanol–water partition coefficient (Wildman–Crippen LogP) is 9.01. The van der Waals surface area contributed by atoms with Crippen LogP contribution in [0.1, 0.15) is 77.6 Å². The third-order valence-corrected chi connectivity index (χ3v) is 13.9.